The van der Waals surface area contributed by atoms with Gasteiger partial charge in [-0.1, -0.05) is 17.7 Å². The highest BCUT2D eigenvalue weighted by atomic mass is 19.1. The number of phenolic OH excluding ortho intramolecular Hbond substituents is 1. The maximum absolute atomic E-state index is 13.8. The van der Waals surface area contributed by atoms with Crippen molar-refractivity contribution in [3.05, 3.63) is 58.7 Å². The Hall–Kier alpha value is -2.10. The average molecular weight is 277 g/mol. The minimum atomic E-state index is -0.511. The van der Waals surface area contributed by atoms with Crippen LogP contribution in [-0.4, -0.2) is 5.11 Å². The Morgan fingerprint density at radius 2 is 1.75 bits per heavy atom. The van der Waals surface area contributed by atoms with Crippen LogP contribution in [0.2, 0.25) is 0 Å². The zero-order valence-electron chi connectivity index (χ0n) is 11.7. The Morgan fingerprint density at radius 1 is 1.05 bits per heavy atom. The van der Waals surface area contributed by atoms with E-state index in [2.05, 4.69) is 5.32 Å². The molecule has 0 spiro atoms. The zero-order chi connectivity index (χ0) is 14.9. The summed E-state index contributed by atoms with van der Waals surface area (Å²) in [6, 6.07) is 7.14. The number of hydrogen-bond acceptors (Lipinski definition) is 2. The second-order valence-electron chi connectivity index (χ2n) is 5.01. The molecule has 2 nitrogen and oxygen atoms in total. The van der Waals surface area contributed by atoms with Gasteiger partial charge in [-0.2, -0.15) is 0 Å². The Morgan fingerprint density at radius 3 is 2.45 bits per heavy atom. The molecule has 4 heteroatoms. The van der Waals surface area contributed by atoms with E-state index >= 15 is 0 Å². The topological polar surface area (TPSA) is 32.3 Å². The van der Waals surface area contributed by atoms with E-state index in [-0.39, 0.29) is 23.0 Å². The molecule has 0 amide bonds. The van der Waals surface area contributed by atoms with Gasteiger partial charge in [0.2, 0.25) is 0 Å². The standard InChI is InChI=1S/C16H17F2NO/c1-9-4-5-16(20)12(6-9)11(3)19-15-8-13(17)10(2)7-14(15)18/h4-8,11,19-20H,1-3H3. The van der Waals surface area contributed by atoms with E-state index in [1.54, 1.807) is 19.1 Å². The fourth-order valence-corrected chi connectivity index (χ4v) is 2.09. The Bertz CT molecular complexity index is 641. The summed E-state index contributed by atoms with van der Waals surface area (Å²) in [6.45, 7) is 5.20. The fourth-order valence-electron chi connectivity index (χ4n) is 2.09. The van der Waals surface area contributed by atoms with Gasteiger partial charge in [0.15, 0.2) is 0 Å². The van der Waals surface area contributed by atoms with E-state index in [0.717, 1.165) is 17.7 Å². The van der Waals surface area contributed by atoms with Gasteiger partial charge in [0.05, 0.1) is 11.7 Å². The number of halogens is 2. The lowest BCUT2D eigenvalue weighted by molar-refractivity contribution is 0.465. The molecule has 0 aromatic heterocycles. The number of phenols is 1. The Balaban J connectivity index is 2.30. The van der Waals surface area contributed by atoms with Gasteiger partial charge in [0.25, 0.3) is 0 Å². The van der Waals surface area contributed by atoms with Gasteiger partial charge in [0, 0.05) is 11.6 Å². The molecule has 2 rings (SSSR count). The van der Waals surface area contributed by atoms with Crippen molar-refractivity contribution in [1.82, 2.24) is 0 Å². The molecule has 106 valence electrons. The molecule has 2 N–H and O–H groups in total. The molecule has 2 aromatic carbocycles. The number of nitrogens with one attached hydrogen (secondary N) is 1. The van der Waals surface area contributed by atoms with Crippen molar-refractivity contribution in [2.24, 2.45) is 0 Å². The molecule has 2 aromatic rings. The minimum absolute atomic E-state index is 0.0847. The number of anilines is 1. The largest absolute Gasteiger partial charge is 0.508 e. The highest BCUT2D eigenvalue weighted by Gasteiger charge is 2.14. The van der Waals surface area contributed by atoms with E-state index in [0.29, 0.717) is 5.56 Å². The van der Waals surface area contributed by atoms with Crippen LogP contribution in [0.4, 0.5) is 14.5 Å². The molecule has 0 saturated heterocycles. The normalized spacial score (nSPS) is 12.2. The molecule has 0 fully saturated rings. The molecule has 1 atom stereocenters. The monoisotopic (exact) mass is 277 g/mol. The first-order valence-electron chi connectivity index (χ1n) is 6.40. The molecule has 20 heavy (non-hydrogen) atoms. The lowest BCUT2D eigenvalue weighted by Gasteiger charge is -2.18. The number of aromatic hydroxyl groups is 1. The number of hydrogen-bond donors (Lipinski definition) is 2. The first kappa shape index (κ1) is 14.3. The van der Waals surface area contributed by atoms with Crippen LogP contribution in [-0.2, 0) is 0 Å². The maximum Gasteiger partial charge on any atom is 0.146 e. The van der Waals surface area contributed by atoms with Crippen LogP contribution in [0.5, 0.6) is 5.75 Å². The summed E-state index contributed by atoms with van der Waals surface area (Å²) >= 11 is 0. The third-order valence-electron chi connectivity index (χ3n) is 3.27. The predicted octanol–water partition coefficient (Wildman–Crippen LogP) is 4.46. The Labute approximate surface area is 117 Å². The fraction of sp³-hybridized carbons (Fsp3) is 0.250. The van der Waals surface area contributed by atoms with Crippen molar-refractivity contribution in [2.75, 3.05) is 5.32 Å². The quantitative estimate of drug-likeness (QED) is 0.868. The zero-order valence-corrected chi connectivity index (χ0v) is 11.7. The van der Waals surface area contributed by atoms with Crippen molar-refractivity contribution in [1.29, 1.82) is 0 Å². The van der Waals surface area contributed by atoms with Gasteiger partial charge in [0.1, 0.15) is 17.4 Å². The molecule has 0 aliphatic rings. The first-order valence-corrected chi connectivity index (χ1v) is 6.40. The molecule has 0 bridgehead atoms. The highest BCUT2D eigenvalue weighted by Crippen LogP contribution is 2.29. The van der Waals surface area contributed by atoms with Crippen LogP contribution in [0.3, 0.4) is 0 Å². The maximum atomic E-state index is 13.8. The SMILES string of the molecule is Cc1ccc(O)c(C(C)Nc2cc(F)c(C)cc2F)c1. The molecule has 0 heterocycles. The second-order valence-corrected chi connectivity index (χ2v) is 5.01. The lowest BCUT2D eigenvalue weighted by Crippen LogP contribution is -2.09. The van der Waals surface area contributed by atoms with E-state index in [9.17, 15) is 13.9 Å². The number of benzene rings is 2. The van der Waals surface area contributed by atoms with Crippen molar-refractivity contribution >= 4 is 5.69 Å². The average Bonchev–Trinajstić information content (AvgIpc) is 2.38. The second kappa shape index (κ2) is 5.49. The first-order chi connectivity index (χ1) is 9.38. The summed E-state index contributed by atoms with van der Waals surface area (Å²) in [4.78, 5) is 0. The lowest BCUT2D eigenvalue weighted by atomic mass is 10.0. The van der Waals surface area contributed by atoms with E-state index in [4.69, 9.17) is 0 Å². The van der Waals surface area contributed by atoms with Crippen LogP contribution < -0.4 is 5.32 Å². The van der Waals surface area contributed by atoms with Gasteiger partial charge < -0.3 is 10.4 Å². The predicted molar refractivity (Wildman–Crippen MR) is 76.0 cm³/mol. The third kappa shape index (κ3) is 2.90. The summed E-state index contributed by atoms with van der Waals surface area (Å²) in [5.41, 5.74) is 1.98. The van der Waals surface area contributed by atoms with Gasteiger partial charge in [-0.15, -0.1) is 0 Å². The molecule has 0 saturated carbocycles. The molecule has 1 unspecified atom stereocenters. The van der Waals surface area contributed by atoms with Crippen LogP contribution >= 0.6 is 0 Å². The van der Waals surface area contributed by atoms with E-state index in [1.807, 2.05) is 13.0 Å². The third-order valence-corrected chi connectivity index (χ3v) is 3.27. The van der Waals surface area contributed by atoms with Gasteiger partial charge in [-0.3, -0.25) is 0 Å². The minimum Gasteiger partial charge on any atom is -0.508 e. The van der Waals surface area contributed by atoms with Crippen LogP contribution in [0.1, 0.15) is 29.7 Å². The van der Waals surface area contributed by atoms with Crippen molar-refractivity contribution in [3.8, 4) is 5.75 Å². The van der Waals surface area contributed by atoms with Gasteiger partial charge >= 0.3 is 0 Å². The summed E-state index contributed by atoms with van der Waals surface area (Å²) in [5, 5.41) is 12.7. The summed E-state index contributed by atoms with van der Waals surface area (Å²) in [6.07, 6.45) is 0. The number of rotatable bonds is 3. The van der Waals surface area contributed by atoms with E-state index < -0.39 is 11.6 Å². The molecule has 0 aliphatic carbocycles. The highest BCUT2D eigenvalue weighted by molar-refractivity contribution is 5.50. The van der Waals surface area contributed by atoms with Crippen LogP contribution in [0, 0.1) is 25.5 Å². The van der Waals surface area contributed by atoms with E-state index in [1.165, 1.54) is 6.92 Å². The van der Waals surface area contributed by atoms with Crippen molar-refractivity contribution in [3.63, 3.8) is 0 Å². The van der Waals surface area contributed by atoms with Gasteiger partial charge in [-0.25, -0.2) is 8.78 Å². The summed E-state index contributed by atoms with van der Waals surface area (Å²) in [5.74, 6) is -0.846. The summed E-state index contributed by atoms with van der Waals surface area (Å²) in [7, 11) is 0. The molecular weight excluding hydrogens is 260 g/mol. The molecule has 0 aliphatic heterocycles. The summed E-state index contributed by atoms with van der Waals surface area (Å²) < 4.78 is 27.3. The van der Waals surface area contributed by atoms with Gasteiger partial charge in [-0.05, 0) is 38.5 Å². The van der Waals surface area contributed by atoms with Crippen LogP contribution in [0.25, 0.3) is 0 Å². The molecular formula is C16H17F2NO. The van der Waals surface area contributed by atoms with Crippen molar-refractivity contribution < 1.29 is 13.9 Å². The van der Waals surface area contributed by atoms with Crippen molar-refractivity contribution in [2.45, 2.75) is 26.8 Å². The Kier molecular flexibility index (Phi) is 3.93. The molecule has 0 radical (unpaired) electrons. The number of aryl methyl sites for hydroxylation is 2. The van der Waals surface area contributed by atoms with Crippen LogP contribution in [0.15, 0.2) is 30.3 Å². The smallest absolute Gasteiger partial charge is 0.146 e.